The summed E-state index contributed by atoms with van der Waals surface area (Å²) in [5.41, 5.74) is 10.1. The number of carbonyl (C=O) groups excluding carboxylic acids is 1. The topological polar surface area (TPSA) is 59.4 Å². The lowest BCUT2D eigenvalue weighted by Gasteiger charge is -2.36. The van der Waals surface area contributed by atoms with Crippen molar-refractivity contribution in [3.05, 3.63) is 81.7 Å². The van der Waals surface area contributed by atoms with Crippen LogP contribution in [0.25, 0.3) is 21.2 Å². The Morgan fingerprint density at radius 3 is 2.50 bits per heavy atom. The molecule has 0 saturated heterocycles. The molecule has 0 unspecified atom stereocenters. The van der Waals surface area contributed by atoms with E-state index in [0.29, 0.717) is 32.3 Å². The molecule has 2 aromatic heterocycles. The van der Waals surface area contributed by atoms with Crippen molar-refractivity contribution in [3.8, 4) is 16.9 Å². The monoisotopic (exact) mass is 552 g/mol. The summed E-state index contributed by atoms with van der Waals surface area (Å²) in [6, 6.07) is 13.4. The number of nitrogens with two attached hydrogens (primary N) is 1. The summed E-state index contributed by atoms with van der Waals surface area (Å²) in [5, 5.41) is 0.935. The van der Waals surface area contributed by atoms with Crippen LogP contribution in [0.5, 0.6) is 5.75 Å². The first kappa shape index (κ1) is 26.6. The number of ether oxygens (including phenoxy) is 1. The first-order chi connectivity index (χ1) is 18.3. The molecule has 1 saturated carbocycles. The molecular formula is C30H32ClFN3O2S+. The normalized spacial score (nSPS) is 17.5. The molecule has 1 fully saturated rings. The maximum absolute atomic E-state index is 14.7. The number of hydrogen-bond acceptors (Lipinski definition) is 4. The highest BCUT2D eigenvalue weighted by Crippen LogP contribution is 2.41. The molecule has 1 aliphatic carbocycles. The van der Waals surface area contributed by atoms with Crippen molar-refractivity contribution in [2.24, 2.45) is 12.8 Å². The van der Waals surface area contributed by atoms with Crippen LogP contribution < -0.4 is 15.0 Å². The van der Waals surface area contributed by atoms with Crippen molar-refractivity contribution < 1.29 is 18.5 Å². The van der Waals surface area contributed by atoms with E-state index < -0.39 is 0 Å². The molecule has 0 atom stereocenters. The lowest BCUT2D eigenvalue weighted by molar-refractivity contribution is -0.671. The van der Waals surface area contributed by atoms with E-state index in [0.717, 1.165) is 59.3 Å². The van der Waals surface area contributed by atoms with Crippen LogP contribution in [-0.4, -0.2) is 30.0 Å². The standard InChI is InChI=1S/C30H32ClFN3O2S/c1-18-4-10-24(32)28-26(18)27(31)29(38-28)30(36)35(23-8-6-22(33)7-9-23)17-21-16-20(5-11-25(21)37-3)19-12-14-34(2)15-13-19/h4-5,10-16,22-23H,6-9,17,33H2,1-3H3/q+1/t22-,23-. The molecule has 4 aromatic rings. The summed E-state index contributed by atoms with van der Waals surface area (Å²) in [7, 11) is 3.62. The molecule has 2 N–H and O–H groups in total. The van der Waals surface area contributed by atoms with Gasteiger partial charge >= 0.3 is 0 Å². The van der Waals surface area contributed by atoms with Gasteiger partial charge in [-0.15, -0.1) is 11.3 Å². The summed E-state index contributed by atoms with van der Waals surface area (Å²) < 4.78 is 22.8. The van der Waals surface area contributed by atoms with Crippen molar-refractivity contribution in [3.63, 3.8) is 0 Å². The van der Waals surface area contributed by atoms with E-state index in [1.165, 1.54) is 6.07 Å². The molecule has 2 heterocycles. The number of halogens is 2. The number of fused-ring (bicyclic) bond motifs is 1. The largest absolute Gasteiger partial charge is 0.496 e. The lowest BCUT2D eigenvalue weighted by atomic mass is 9.90. The van der Waals surface area contributed by atoms with Crippen LogP contribution in [0.1, 0.15) is 46.5 Å². The van der Waals surface area contributed by atoms with Crippen LogP contribution >= 0.6 is 22.9 Å². The van der Waals surface area contributed by atoms with Crippen LogP contribution in [-0.2, 0) is 13.6 Å². The Labute approximate surface area is 231 Å². The molecule has 2 aromatic carbocycles. The number of hydrogen-bond donors (Lipinski definition) is 1. The Morgan fingerprint density at radius 2 is 1.84 bits per heavy atom. The summed E-state index contributed by atoms with van der Waals surface area (Å²) in [4.78, 5) is 16.5. The molecule has 198 valence electrons. The van der Waals surface area contributed by atoms with Gasteiger partial charge in [-0.05, 0) is 67.5 Å². The third kappa shape index (κ3) is 5.15. The van der Waals surface area contributed by atoms with Gasteiger partial charge in [0.05, 0.1) is 16.8 Å². The van der Waals surface area contributed by atoms with E-state index in [9.17, 15) is 9.18 Å². The second-order valence-electron chi connectivity index (χ2n) is 10.1. The van der Waals surface area contributed by atoms with Gasteiger partial charge in [0, 0.05) is 41.7 Å². The fourth-order valence-electron chi connectivity index (χ4n) is 5.30. The van der Waals surface area contributed by atoms with Gasteiger partial charge in [0.1, 0.15) is 23.5 Å². The van der Waals surface area contributed by atoms with E-state index in [1.54, 1.807) is 13.2 Å². The Morgan fingerprint density at radius 1 is 1.13 bits per heavy atom. The first-order valence-electron chi connectivity index (χ1n) is 12.8. The average molecular weight is 553 g/mol. The summed E-state index contributed by atoms with van der Waals surface area (Å²) in [6.45, 7) is 2.23. The van der Waals surface area contributed by atoms with Crippen LogP contribution in [0.15, 0.2) is 54.9 Å². The quantitative estimate of drug-likeness (QED) is 0.281. The van der Waals surface area contributed by atoms with Crippen molar-refractivity contribution in [1.82, 2.24) is 4.90 Å². The number of amides is 1. The van der Waals surface area contributed by atoms with Crippen molar-refractivity contribution in [2.75, 3.05) is 7.11 Å². The third-order valence-electron chi connectivity index (χ3n) is 7.51. The zero-order chi connectivity index (χ0) is 27.0. The number of carbonyl (C=O) groups is 1. The van der Waals surface area contributed by atoms with Gasteiger partial charge in [0.15, 0.2) is 12.4 Å². The van der Waals surface area contributed by atoms with Gasteiger partial charge in [0.2, 0.25) is 0 Å². The summed E-state index contributed by atoms with van der Waals surface area (Å²) in [5.74, 6) is 0.164. The maximum atomic E-state index is 14.7. The summed E-state index contributed by atoms with van der Waals surface area (Å²) >= 11 is 7.90. The Hall–Kier alpha value is -3.00. The third-order valence-corrected chi connectivity index (χ3v) is 9.19. The number of pyridine rings is 1. The van der Waals surface area contributed by atoms with Gasteiger partial charge in [-0.25, -0.2) is 8.96 Å². The summed E-state index contributed by atoms with van der Waals surface area (Å²) in [6.07, 6.45) is 7.32. The van der Waals surface area contributed by atoms with Gasteiger partial charge in [-0.2, -0.15) is 0 Å². The zero-order valence-electron chi connectivity index (χ0n) is 21.8. The van der Waals surface area contributed by atoms with E-state index in [4.69, 9.17) is 22.1 Å². The number of aromatic nitrogens is 1. The molecule has 0 bridgehead atoms. The average Bonchev–Trinajstić information content (AvgIpc) is 3.28. The van der Waals surface area contributed by atoms with Crippen LogP contribution in [0.3, 0.4) is 0 Å². The Kier molecular flexibility index (Phi) is 7.70. The minimum absolute atomic E-state index is 0.00124. The van der Waals surface area contributed by atoms with E-state index >= 15 is 0 Å². The number of nitrogens with zero attached hydrogens (tertiary/aromatic N) is 2. The minimum Gasteiger partial charge on any atom is -0.496 e. The highest BCUT2D eigenvalue weighted by Gasteiger charge is 2.32. The van der Waals surface area contributed by atoms with Gasteiger partial charge in [-0.1, -0.05) is 23.7 Å². The second kappa shape index (κ2) is 11.0. The molecule has 38 heavy (non-hydrogen) atoms. The molecule has 8 heteroatoms. The van der Waals surface area contributed by atoms with E-state index in [1.807, 2.05) is 48.0 Å². The van der Waals surface area contributed by atoms with Crippen LogP contribution in [0.4, 0.5) is 4.39 Å². The van der Waals surface area contributed by atoms with E-state index in [-0.39, 0.29) is 23.8 Å². The molecule has 0 spiro atoms. The Balaban J connectivity index is 1.56. The predicted octanol–water partition coefficient (Wildman–Crippen LogP) is 6.41. The molecule has 5 rings (SSSR count). The Bertz CT molecular complexity index is 1480. The van der Waals surface area contributed by atoms with Crippen LogP contribution in [0.2, 0.25) is 5.02 Å². The van der Waals surface area contributed by atoms with Gasteiger partial charge < -0.3 is 15.4 Å². The van der Waals surface area contributed by atoms with Gasteiger partial charge in [0.25, 0.3) is 5.91 Å². The molecule has 0 radical (unpaired) electrons. The number of benzene rings is 2. The van der Waals surface area contributed by atoms with Crippen molar-refractivity contribution in [1.29, 1.82) is 0 Å². The maximum Gasteiger partial charge on any atom is 0.266 e. The number of rotatable bonds is 6. The molecular weight excluding hydrogens is 521 g/mol. The predicted molar refractivity (Wildman–Crippen MR) is 151 cm³/mol. The van der Waals surface area contributed by atoms with Gasteiger partial charge in [-0.3, -0.25) is 4.79 Å². The molecule has 1 amide bonds. The minimum atomic E-state index is -0.364. The second-order valence-corrected chi connectivity index (χ2v) is 11.5. The highest BCUT2D eigenvalue weighted by atomic mass is 35.5. The van der Waals surface area contributed by atoms with Crippen molar-refractivity contribution >= 4 is 38.9 Å². The molecule has 1 aliphatic rings. The highest BCUT2D eigenvalue weighted by molar-refractivity contribution is 7.21. The van der Waals surface area contributed by atoms with Crippen LogP contribution in [0, 0.1) is 12.7 Å². The fourth-order valence-corrected chi connectivity index (χ4v) is 6.92. The van der Waals surface area contributed by atoms with E-state index in [2.05, 4.69) is 18.2 Å². The molecule has 5 nitrogen and oxygen atoms in total. The molecule has 0 aliphatic heterocycles. The zero-order valence-corrected chi connectivity index (χ0v) is 23.4. The first-order valence-corrected chi connectivity index (χ1v) is 14.0. The number of thiophene rings is 1. The number of aryl methyl sites for hydroxylation is 2. The smallest absolute Gasteiger partial charge is 0.266 e. The SMILES string of the molecule is COc1ccc(-c2cc[n+](C)cc2)cc1CN(C(=O)c1sc2c(F)ccc(C)c2c1Cl)[C@H]1CC[C@H](N)CC1. The fraction of sp³-hybridized carbons (Fsp3) is 0.333. The lowest BCUT2D eigenvalue weighted by Crippen LogP contribution is -2.43. The number of methoxy groups -OCH3 is 1. The van der Waals surface area contributed by atoms with Crippen molar-refractivity contribution in [2.45, 2.75) is 51.2 Å².